The smallest absolute Gasteiger partial charge is 0.246 e. The zero-order chi connectivity index (χ0) is 22.1. The number of hydrogen-bond acceptors (Lipinski definition) is 6. The van der Waals surface area contributed by atoms with Crippen LogP contribution >= 0.6 is 12.4 Å². The molecule has 0 saturated carbocycles. The highest BCUT2D eigenvalue weighted by Crippen LogP contribution is 2.32. The van der Waals surface area contributed by atoms with Gasteiger partial charge in [-0.15, -0.1) is 12.4 Å². The summed E-state index contributed by atoms with van der Waals surface area (Å²) < 4.78 is 11.2. The van der Waals surface area contributed by atoms with Gasteiger partial charge in [-0.3, -0.25) is 9.59 Å². The molecule has 0 unspecified atom stereocenters. The van der Waals surface area contributed by atoms with Crippen molar-refractivity contribution in [1.82, 2.24) is 9.88 Å². The number of carbonyl (C=O) groups is 2. The minimum atomic E-state index is -0.335. The normalized spacial score (nSPS) is 10.3. The number of amides is 2. The van der Waals surface area contributed by atoms with Crippen LogP contribution in [0.25, 0.3) is 6.08 Å². The summed E-state index contributed by atoms with van der Waals surface area (Å²) in [6.45, 7) is 4.23. The molecule has 0 saturated heterocycles. The van der Waals surface area contributed by atoms with E-state index in [1.54, 1.807) is 25.1 Å². The molecule has 0 aliphatic carbocycles. The van der Waals surface area contributed by atoms with E-state index >= 15 is 0 Å². The Kier molecular flexibility index (Phi) is 10.3. The third kappa shape index (κ3) is 7.49. The predicted octanol–water partition coefficient (Wildman–Crippen LogP) is 3.64. The molecule has 0 atom stereocenters. The summed E-state index contributed by atoms with van der Waals surface area (Å²) in [5, 5.41) is 12.3. The Balaban J connectivity index is 0.00000480. The van der Waals surface area contributed by atoms with Gasteiger partial charge in [-0.2, -0.15) is 0 Å². The van der Waals surface area contributed by atoms with Gasteiger partial charge in [0.15, 0.2) is 23.1 Å². The van der Waals surface area contributed by atoms with Crippen molar-refractivity contribution >= 4 is 36.1 Å². The molecule has 9 heteroatoms. The van der Waals surface area contributed by atoms with Crippen molar-refractivity contribution in [2.24, 2.45) is 0 Å². The number of para-hydroxylation sites is 1. The van der Waals surface area contributed by atoms with Crippen LogP contribution < -0.4 is 14.8 Å². The van der Waals surface area contributed by atoms with Crippen LogP contribution in [0.5, 0.6) is 17.2 Å². The van der Waals surface area contributed by atoms with Crippen LogP contribution in [-0.2, 0) is 16.1 Å². The first kappa shape index (κ1) is 25.8. The zero-order valence-electron chi connectivity index (χ0n) is 18.0. The molecule has 2 aromatic rings. The second-order valence-corrected chi connectivity index (χ2v) is 6.64. The molecule has 2 N–H and O–H groups in total. The zero-order valence-corrected chi connectivity index (χ0v) is 18.9. The molecule has 0 aliphatic rings. The lowest BCUT2D eigenvalue weighted by atomic mass is 10.1. The number of methoxy groups -OCH3 is 1. The summed E-state index contributed by atoms with van der Waals surface area (Å²) in [6, 6.07) is 6.98. The maximum absolute atomic E-state index is 12.5. The number of nitrogens with one attached hydrogen (secondary N) is 1. The lowest BCUT2D eigenvalue weighted by Crippen LogP contribution is -2.24. The van der Waals surface area contributed by atoms with Gasteiger partial charge in [-0.1, -0.05) is 19.1 Å². The molecule has 31 heavy (non-hydrogen) atoms. The van der Waals surface area contributed by atoms with E-state index in [9.17, 15) is 14.7 Å². The lowest BCUT2D eigenvalue weighted by molar-refractivity contribution is -0.125. The Morgan fingerprint density at radius 3 is 2.68 bits per heavy atom. The van der Waals surface area contributed by atoms with Crippen LogP contribution in [0.4, 0.5) is 5.82 Å². The van der Waals surface area contributed by atoms with E-state index in [4.69, 9.17) is 9.47 Å². The lowest BCUT2D eigenvalue weighted by Gasteiger charge is -2.19. The Hall–Kier alpha value is -3.26. The fourth-order valence-corrected chi connectivity index (χ4v) is 2.67. The Morgan fingerprint density at radius 1 is 1.32 bits per heavy atom. The largest absolute Gasteiger partial charge is 0.504 e. The van der Waals surface area contributed by atoms with Crippen molar-refractivity contribution < 1.29 is 24.2 Å². The molecule has 8 nitrogen and oxygen atoms in total. The van der Waals surface area contributed by atoms with Crippen LogP contribution in [0.15, 0.2) is 36.5 Å². The standard InChI is InChI=1S/C22H27N3O5.ClH/c1-5-11-30-21-17(7-6-8-19(21)29-4)14-25(3)20(28)10-9-16-12-18(27)22(23-13-16)24-15(2)26;/h6-10,12-13,27H,5,11,14H2,1-4H3,(H,23,24,26);1H/b10-9+;. The molecule has 0 bridgehead atoms. The minimum absolute atomic E-state index is 0. The van der Waals surface area contributed by atoms with Gasteiger partial charge in [-0.25, -0.2) is 4.98 Å². The third-order valence-corrected chi connectivity index (χ3v) is 4.12. The summed E-state index contributed by atoms with van der Waals surface area (Å²) in [7, 11) is 3.27. The Bertz CT molecular complexity index is 933. The summed E-state index contributed by atoms with van der Waals surface area (Å²) in [5.74, 6) is 0.580. The van der Waals surface area contributed by atoms with Crippen LogP contribution in [-0.4, -0.2) is 47.6 Å². The number of pyridine rings is 1. The van der Waals surface area contributed by atoms with Gasteiger partial charge in [0.1, 0.15) is 0 Å². The highest BCUT2D eigenvalue weighted by molar-refractivity contribution is 5.92. The highest BCUT2D eigenvalue weighted by atomic mass is 35.5. The molecule has 0 aliphatic heterocycles. The maximum Gasteiger partial charge on any atom is 0.246 e. The minimum Gasteiger partial charge on any atom is -0.504 e. The van der Waals surface area contributed by atoms with Crippen molar-refractivity contribution in [2.45, 2.75) is 26.8 Å². The van der Waals surface area contributed by atoms with Crippen molar-refractivity contribution in [2.75, 3.05) is 26.1 Å². The summed E-state index contributed by atoms with van der Waals surface area (Å²) >= 11 is 0. The quantitative estimate of drug-likeness (QED) is 0.567. The van der Waals surface area contributed by atoms with Gasteiger partial charge >= 0.3 is 0 Å². The summed E-state index contributed by atoms with van der Waals surface area (Å²) in [5.41, 5.74) is 1.36. The highest BCUT2D eigenvalue weighted by Gasteiger charge is 2.14. The molecule has 2 amide bonds. The number of nitrogens with zero attached hydrogens (tertiary/aromatic N) is 2. The molecular formula is C22H28ClN3O5. The maximum atomic E-state index is 12.5. The number of halogens is 1. The van der Waals surface area contributed by atoms with Crippen LogP contribution in [0.3, 0.4) is 0 Å². The number of likely N-dealkylation sites (N-methyl/N-ethyl adjacent to an activating group) is 1. The van der Waals surface area contributed by atoms with Gasteiger partial charge in [0, 0.05) is 38.4 Å². The van der Waals surface area contributed by atoms with Crippen molar-refractivity contribution in [3.63, 3.8) is 0 Å². The number of anilines is 1. The topological polar surface area (TPSA) is 101 Å². The monoisotopic (exact) mass is 449 g/mol. The molecular weight excluding hydrogens is 422 g/mol. The van der Waals surface area contributed by atoms with Crippen molar-refractivity contribution in [3.05, 3.63) is 47.7 Å². The Morgan fingerprint density at radius 2 is 2.06 bits per heavy atom. The van der Waals surface area contributed by atoms with Gasteiger partial charge in [-0.05, 0) is 30.2 Å². The van der Waals surface area contributed by atoms with Gasteiger partial charge in [0.05, 0.1) is 13.7 Å². The van der Waals surface area contributed by atoms with E-state index in [2.05, 4.69) is 10.3 Å². The number of aromatic hydroxyl groups is 1. The number of ether oxygens (including phenoxy) is 2. The SMILES string of the molecule is CCCOc1c(CN(C)C(=O)/C=C/c2cnc(NC(C)=O)c(O)c2)cccc1OC.Cl. The third-order valence-electron chi connectivity index (χ3n) is 4.12. The second kappa shape index (κ2) is 12.4. The number of hydrogen-bond donors (Lipinski definition) is 2. The van der Waals surface area contributed by atoms with Crippen LogP contribution in [0.1, 0.15) is 31.4 Å². The number of aromatic nitrogens is 1. The van der Waals surface area contributed by atoms with Gasteiger partial charge in [0.25, 0.3) is 0 Å². The molecule has 1 aromatic carbocycles. The number of carbonyl (C=O) groups excluding carboxylic acids is 2. The number of benzene rings is 1. The van der Waals surface area contributed by atoms with E-state index in [1.165, 1.54) is 25.3 Å². The fraction of sp³-hybridized carbons (Fsp3) is 0.318. The molecule has 2 rings (SSSR count). The van der Waals surface area contributed by atoms with Crippen molar-refractivity contribution in [1.29, 1.82) is 0 Å². The van der Waals surface area contributed by atoms with Crippen molar-refractivity contribution in [3.8, 4) is 17.2 Å². The Labute approximate surface area is 188 Å². The van der Waals surface area contributed by atoms with E-state index in [0.29, 0.717) is 30.2 Å². The second-order valence-electron chi connectivity index (χ2n) is 6.64. The molecule has 0 radical (unpaired) electrons. The predicted molar refractivity (Wildman–Crippen MR) is 122 cm³/mol. The first-order chi connectivity index (χ1) is 14.3. The van der Waals surface area contributed by atoms with E-state index in [1.807, 2.05) is 25.1 Å². The molecule has 168 valence electrons. The fourth-order valence-electron chi connectivity index (χ4n) is 2.67. The van der Waals surface area contributed by atoms with E-state index < -0.39 is 0 Å². The number of rotatable bonds is 9. The molecule has 0 spiro atoms. The first-order valence-electron chi connectivity index (χ1n) is 9.54. The summed E-state index contributed by atoms with van der Waals surface area (Å²) in [4.78, 5) is 29.1. The average molecular weight is 450 g/mol. The van der Waals surface area contributed by atoms with Crippen LogP contribution in [0.2, 0.25) is 0 Å². The summed E-state index contributed by atoms with van der Waals surface area (Å²) in [6.07, 6.45) is 5.24. The average Bonchev–Trinajstić information content (AvgIpc) is 2.72. The van der Waals surface area contributed by atoms with Gasteiger partial charge in [0.2, 0.25) is 11.8 Å². The molecule has 1 heterocycles. The molecule has 0 fully saturated rings. The van der Waals surface area contributed by atoms with Gasteiger partial charge < -0.3 is 24.8 Å². The van der Waals surface area contributed by atoms with Crippen LogP contribution in [0, 0.1) is 0 Å². The molecule has 1 aromatic heterocycles. The van der Waals surface area contributed by atoms with E-state index in [0.717, 1.165) is 12.0 Å². The van der Waals surface area contributed by atoms with E-state index in [-0.39, 0.29) is 35.8 Å². The first-order valence-corrected chi connectivity index (χ1v) is 9.54.